The number of nitrogens with zero attached hydrogens (tertiary/aromatic N) is 2. The van der Waals surface area contributed by atoms with Crippen LogP contribution >= 0.6 is 27.7 Å². The summed E-state index contributed by atoms with van der Waals surface area (Å²) in [5, 5.41) is -0.271. The predicted octanol–water partition coefficient (Wildman–Crippen LogP) is 7.11. The molecule has 0 aliphatic carbocycles. The quantitative estimate of drug-likeness (QED) is 0.265. The average Bonchev–Trinajstić information content (AvgIpc) is 3.12. The number of carbonyl (C=O) groups is 2. The Hall–Kier alpha value is -3.03. The van der Waals surface area contributed by atoms with E-state index in [0.717, 1.165) is 51.7 Å². The summed E-state index contributed by atoms with van der Waals surface area (Å²) in [5.74, 6) is 0.388. The number of halogens is 1. The second-order valence-corrected chi connectivity index (χ2v) is 9.98. The number of hydrogen-bond acceptors (Lipinski definition) is 5. The SMILES string of the molecule is CCN(CC)c1ccc(/C=C2/SC(=O)N(Cc3cccc(Br)c3)C2=O)c(OCc2ccccc2)c1. The molecule has 2 amide bonds. The van der Waals surface area contributed by atoms with Gasteiger partial charge in [0.2, 0.25) is 0 Å². The van der Waals surface area contributed by atoms with Crippen molar-refractivity contribution in [1.82, 2.24) is 4.90 Å². The molecule has 0 radical (unpaired) electrons. The molecule has 0 bridgehead atoms. The molecular weight excluding hydrogens is 524 g/mol. The smallest absolute Gasteiger partial charge is 0.293 e. The maximum atomic E-state index is 13.1. The number of amides is 2. The van der Waals surface area contributed by atoms with Crippen LogP contribution in [0.15, 0.2) is 82.2 Å². The Kier molecular flexibility index (Phi) is 8.31. The molecule has 180 valence electrons. The van der Waals surface area contributed by atoms with Gasteiger partial charge in [-0.1, -0.05) is 58.4 Å². The van der Waals surface area contributed by atoms with Gasteiger partial charge in [0.05, 0.1) is 11.4 Å². The molecule has 35 heavy (non-hydrogen) atoms. The number of imide groups is 1. The summed E-state index contributed by atoms with van der Waals surface area (Å²) in [7, 11) is 0. The molecule has 1 saturated heterocycles. The second-order valence-electron chi connectivity index (χ2n) is 8.07. The fourth-order valence-electron chi connectivity index (χ4n) is 3.88. The molecule has 0 saturated carbocycles. The van der Waals surface area contributed by atoms with Gasteiger partial charge in [0.15, 0.2) is 0 Å². The van der Waals surface area contributed by atoms with Crippen LogP contribution in [0, 0.1) is 0 Å². The molecule has 1 heterocycles. The van der Waals surface area contributed by atoms with Crippen LogP contribution in [0.4, 0.5) is 10.5 Å². The van der Waals surface area contributed by atoms with Crippen LogP contribution in [0.5, 0.6) is 5.75 Å². The Bertz CT molecular complexity index is 1240. The van der Waals surface area contributed by atoms with Crippen LogP contribution in [0.1, 0.15) is 30.5 Å². The highest BCUT2D eigenvalue weighted by atomic mass is 79.9. The van der Waals surface area contributed by atoms with Gasteiger partial charge in [-0.25, -0.2) is 0 Å². The molecule has 3 aromatic carbocycles. The van der Waals surface area contributed by atoms with Crippen molar-refractivity contribution in [3.63, 3.8) is 0 Å². The topological polar surface area (TPSA) is 49.9 Å². The molecule has 5 nitrogen and oxygen atoms in total. The highest BCUT2D eigenvalue weighted by Crippen LogP contribution is 2.36. The fourth-order valence-corrected chi connectivity index (χ4v) is 5.16. The molecule has 4 rings (SSSR count). The molecule has 0 spiro atoms. The predicted molar refractivity (Wildman–Crippen MR) is 146 cm³/mol. The maximum Gasteiger partial charge on any atom is 0.293 e. The van der Waals surface area contributed by atoms with Crippen molar-refractivity contribution in [2.75, 3.05) is 18.0 Å². The van der Waals surface area contributed by atoms with Crippen molar-refractivity contribution in [3.8, 4) is 5.75 Å². The Morgan fingerprint density at radius 3 is 2.40 bits per heavy atom. The highest BCUT2D eigenvalue weighted by Gasteiger charge is 2.35. The molecule has 0 atom stereocenters. The van der Waals surface area contributed by atoms with E-state index >= 15 is 0 Å². The maximum absolute atomic E-state index is 13.1. The first kappa shape index (κ1) is 25.1. The molecule has 1 fully saturated rings. The van der Waals surface area contributed by atoms with Crippen molar-refractivity contribution in [3.05, 3.63) is 98.9 Å². The van der Waals surface area contributed by atoms with Crippen molar-refractivity contribution in [2.45, 2.75) is 27.0 Å². The molecule has 0 N–H and O–H groups in total. The lowest BCUT2D eigenvalue weighted by Gasteiger charge is -2.22. The van der Waals surface area contributed by atoms with E-state index in [-0.39, 0.29) is 17.7 Å². The summed E-state index contributed by atoms with van der Waals surface area (Å²) in [6.07, 6.45) is 1.76. The zero-order chi connectivity index (χ0) is 24.8. The molecule has 0 aromatic heterocycles. The highest BCUT2D eigenvalue weighted by molar-refractivity contribution is 9.10. The van der Waals surface area contributed by atoms with E-state index in [4.69, 9.17) is 4.74 Å². The average molecular weight is 552 g/mol. The van der Waals surface area contributed by atoms with Gasteiger partial charge in [-0.15, -0.1) is 0 Å². The molecule has 1 aliphatic rings. The molecule has 0 unspecified atom stereocenters. The van der Waals surface area contributed by atoms with E-state index in [1.165, 1.54) is 4.90 Å². The number of rotatable bonds is 9. The first-order valence-electron chi connectivity index (χ1n) is 11.5. The summed E-state index contributed by atoms with van der Waals surface area (Å²) >= 11 is 4.40. The van der Waals surface area contributed by atoms with Crippen LogP contribution in [0.25, 0.3) is 6.08 Å². The van der Waals surface area contributed by atoms with Crippen molar-refractivity contribution in [2.24, 2.45) is 0 Å². The summed E-state index contributed by atoms with van der Waals surface area (Å²) in [6, 6.07) is 23.6. The van der Waals surface area contributed by atoms with E-state index in [1.807, 2.05) is 72.8 Å². The van der Waals surface area contributed by atoms with Gasteiger partial charge in [-0.05, 0) is 67.1 Å². The van der Waals surface area contributed by atoms with Crippen molar-refractivity contribution >= 4 is 50.6 Å². The second kappa shape index (κ2) is 11.6. The minimum atomic E-state index is -0.290. The third-order valence-corrected chi connectivity index (χ3v) is 7.15. The van der Waals surface area contributed by atoms with Crippen LogP contribution in [-0.2, 0) is 17.9 Å². The van der Waals surface area contributed by atoms with Gasteiger partial charge in [0.25, 0.3) is 11.1 Å². The van der Waals surface area contributed by atoms with Gasteiger partial charge >= 0.3 is 0 Å². The number of thioether (sulfide) groups is 1. The van der Waals surface area contributed by atoms with E-state index in [9.17, 15) is 9.59 Å². The Balaban J connectivity index is 1.61. The Morgan fingerprint density at radius 1 is 0.943 bits per heavy atom. The van der Waals surface area contributed by atoms with E-state index < -0.39 is 0 Å². The molecule has 3 aromatic rings. The fraction of sp³-hybridized carbons (Fsp3) is 0.214. The molecule has 1 aliphatic heterocycles. The lowest BCUT2D eigenvalue weighted by molar-refractivity contribution is -0.123. The standard InChI is InChI=1S/C28H27BrN2O3S/c1-3-30(4-2)24-14-13-22(25(17-24)34-19-20-9-6-5-7-10-20)16-26-27(32)31(28(33)35-26)18-21-11-8-12-23(29)15-21/h5-17H,3-4,18-19H2,1-2H3/b26-16+. The van der Waals surface area contributed by atoms with Gasteiger partial charge in [-0.2, -0.15) is 0 Å². The monoisotopic (exact) mass is 550 g/mol. The van der Waals surface area contributed by atoms with E-state index in [2.05, 4.69) is 34.7 Å². The molecular formula is C28H27BrN2O3S. The zero-order valence-corrected chi connectivity index (χ0v) is 22.1. The van der Waals surface area contributed by atoms with Crippen LogP contribution < -0.4 is 9.64 Å². The molecule has 7 heteroatoms. The van der Waals surface area contributed by atoms with Crippen LogP contribution in [0.2, 0.25) is 0 Å². The van der Waals surface area contributed by atoms with Gasteiger partial charge in [-0.3, -0.25) is 14.5 Å². The first-order chi connectivity index (χ1) is 17.0. The van der Waals surface area contributed by atoms with Crippen LogP contribution in [-0.4, -0.2) is 29.1 Å². The Morgan fingerprint density at radius 2 is 1.69 bits per heavy atom. The van der Waals surface area contributed by atoms with Crippen molar-refractivity contribution < 1.29 is 14.3 Å². The third-order valence-electron chi connectivity index (χ3n) is 5.75. The normalized spacial score (nSPS) is 14.6. The number of anilines is 1. The summed E-state index contributed by atoms with van der Waals surface area (Å²) in [5.41, 5.74) is 3.77. The summed E-state index contributed by atoms with van der Waals surface area (Å²) in [6.45, 7) is 6.63. The van der Waals surface area contributed by atoms with Gasteiger partial charge in [0, 0.05) is 34.9 Å². The van der Waals surface area contributed by atoms with E-state index in [1.54, 1.807) is 6.08 Å². The van der Waals surface area contributed by atoms with Crippen LogP contribution in [0.3, 0.4) is 0 Å². The lowest BCUT2D eigenvalue weighted by atomic mass is 10.1. The number of hydrogen-bond donors (Lipinski definition) is 0. The minimum Gasteiger partial charge on any atom is -0.488 e. The summed E-state index contributed by atoms with van der Waals surface area (Å²) < 4.78 is 7.12. The third kappa shape index (κ3) is 6.16. The number of benzene rings is 3. The zero-order valence-electron chi connectivity index (χ0n) is 19.7. The minimum absolute atomic E-state index is 0.236. The van der Waals surface area contributed by atoms with Crippen molar-refractivity contribution in [1.29, 1.82) is 0 Å². The van der Waals surface area contributed by atoms with Gasteiger partial charge in [0.1, 0.15) is 12.4 Å². The van der Waals surface area contributed by atoms with E-state index in [0.29, 0.717) is 17.3 Å². The first-order valence-corrected chi connectivity index (χ1v) is 13.1. The van der Waals surface area contributed by atoms with Gasteiger partial charge < -0.3 is 9.64 Å². The summed E-state index contributed by atoms with van der Waals surface area (Å²) in [4.78, 5) is 29.7. The number of carbonyl (C=O) groups excluding carboxylic acids is 2. The lowest BCUT2D eigenvalue weighted by Crippen LogP contribution is -2.27. The largest absolute Gasteiger partial charge is 0.488 e. The number of ether oxygens (including phenoxy) is 1. The Labute approximate surface area is 218 Å².